The first-order chi connectivity index (χ1) is 8.22. The van der Waals surface area contributed by atoms with E-state index in [4.69, 9.17) is 5.73 Å². The standard InChI is InChI=1S/C12H14N4O/c1-2-16(10-5-3-4-9(13)8-10)12(17)11-6-7-14-15-11/h3-8H,2,13H2,1H3,(H,14,15). The number of nitrogen functional groups attached to an aromatic ring is 1. The van der Waals surface area contributed by atoms with Crippen LogP contribution >= 0.6 is 0 Å². The SMILES string of the molecule is CCN(C(=O)c1ccn[nH]1)c1cccc(N)c1. The van der Waals surface area contributed by atoms with Crippen molar-refractivity contribution in [2.75, 3.05) is 17.2 Å². The molecule has 0 unspecified atom stereocenters. The molecule has 1 amide bonds. The molecular weight excluding hydrogens is 216 g/mol. The van der Waals surface area contributed by atoms with E-state index in [1.807, 2.05) is 19.1 Å². The molecule has 1 aromatic carbocycles. The number of nitrogens with one attached hydrogen (secondary N) is 1. The second-order valence-corrected chi connectivity index (χ2v) is 3.61. The van der Waals surface area contributed by atoms with E-state index in [0.29, 0.717) is 17.9 Å². The van der Waals surface area contributed by atoms with E-state index in [1.165, 1.54) is 0 Å². The predicted octanol–water partition coefficient (Wildman–Crippen LogP) is 1.66. The number of rotatable bonds is 3. The third kappa shape index (κ3) is 2.28. The summed E-state index contributed by atoms with van der Waals surface area (Å²) in [5.74, 6) is -0.115. The van der Waals surface area contributed by atoms with Gasteiger partial charge in [0.15, 0.2) is 0 Å². The van der Waals surface area contributed by atoms with Gasteiger partial charge in [-0.1, -0.05) is 6.07 Å². The minimum Gasteiger partial charge on any atom is -0.399 e. The number of amides is 1. The lowest BCUT2D eigenvalue weighted by molar-refractivity contribution is 0.0983. The number of aromatic nitrogens is 2. The number of anilines is 2. The maximum atomic E-state index is 12.2. The molecule has 17 heavy (non-hydrogen) atoms. The van der Waals surface area contributed by atoms with Crippen molar-refractivity contribution in [3.8, 4) is 0 Å². The topological polar surface area (TPSA) is 75.0 Å². The molecule has 2 rings (SSSR count). The van der Waals surface area contributed by atoms with E-state index in [9.17, 15) is 4.79 Å². The highest BCUT2D eigenvalue weighted by Crippen LogP contribution is 2.19. The lowest BCUT2D eigenvalue weighted by atomic mass is 10.2. The van der Waals surface area contributed by atoms with Crippen LogP contribution in [0.3, 0.4) is 0 Å². The number of aromatic amines is 1. The first-order valence-corrected chi connectivity index (χ1v) is 5.39. The van der Waals surface area contributed by atoms with Gasteiger partial charge in [-0.05, 0) is 31.2 Å². The Morgan fingerprint density at radius 3 is 2.88 bits per heavy atom. The Morgan fingerprint density at radius 1 is 1.47 bits per heavy atom. The van der Waals surface area contributed by atoms with Crippen LogP contribution in [0, 0.1) is 0 Å². The molecule has 3 N–H and O–H groups in total. The number of carbonyl (C=O) groups excluding carboxylic acids is 1. The molecule has 0 saturated carbocycles. The maximum Gasteiger partial charge on any atom is 0.276 e. The van der Waals surface area contributed by atoms with Crippen LogP contribution in [0.15, 0.2) is 36.5 Å². The Labute approximate surface area is 99.2 Å². The van der Waals surface area contributed by atoms with Gasteiger partial charge in [0.1, 0.15) is 5.69 Å². The van der Waals surface area contributed by atoms with Gasteiger partial charge in [-0.15, -0.1) is 0 Å². The highest BCUT2D eigenvalue weighted by atomic mass is 16.2. The predicted molar refractivity (Wildman–Crippen MR) is 66.8 cm³/mol. The first-order valence-electron chi connectivity index (χ1n) is 5.39. The van der Waals surface area contributed by atoms with E-state index in [0.717, 1.165) is 5.69 Å². The van der Waals surface area contributed by atoms with E-state index in [2.05, 4.69) is 10.2 Å². The summed E-state index contributed by atoms with van der Waals surface area (Å²) in [5, 5.41) is 6.44. The van der Waals surface area contributed by atoms with Gasteiger partial charge >= 0.3 is 0 Å². The van der Waals surface area contributed by atoms with Gasteiger partial charge < -0.3 is 10.6 Å². The van der Waals surface area contributed by atoms with Crippen LogP contribution in [-0.4, -0.2) is 22.6 Å². The van der Waals surface area contributed by atoms with Crippen molar-refractivity contribution in [3.05, 3.63) is 42.2 Å². The van der Waals surface area contributed by atoms with Gasteiger partial charge in [0, 0.05) is 24.1 Å². The molecule has 0 spiro atoms. The fraction of sp³-hybridized carbons (Fsp3) is 0.167. The van der Waals surface area contributed by atoms with Crippen molar-refractivity contribution >= 4 is 17.3 Å². The summed E-state index contributed by atoms with van der Waals surface area (Å²) in [6, 6.07) is 8.90. The summed E-state index contributed by atoms with van der Waals surface area (Å²) >= 11 is 0. The molecule has 0 atom stereocenters. The van der Waals surface area contributed by atoms with E-state index in [1.54, 1.807) is 29.3 Å². The van der Waals surface area contributed by atoms with Crippen LogP contribution in [0.2, 0.25) is 0 Å². The molecule has 0 radical (unpaired) electrons. The molecule has 0 aliphatic carbocycles. The number of carbonyl (C=O) groups is 1. The van der Waals surface area contributed by atoms with Gasteiger partial charge in [0.2, 0.25) is 0 Å². The van der Waals surface area contributed by atoms with Crippen molar-refractivity contribution in [2.24, 2.45) is 0 Å². The molecule has 2 aromatic rings. The van der Waals surface area contributed by atoms with Gasteiger partial charge in [-0.2, -0.15) is 5.10 Å². The Bertz CT molecular complexity index is 507. The molecule has 1 aromatic heterocycles. The number of H-pyrrole nitrogens is 1. The Kier molecular flexibility index (Phi) is 3.09. The van der Waals surface area contributed by atoms with E-state index < -0.39 is 0 Å². The molecular formula is C12H14N4O. The van der Waals surface area contributed by atoms with Gasteiger partial charge in [0.05, 0.1) is 0 Å². The second kappa shape index (κ2) is 4.69. The zero-order chi connectivity index (χ0) is 12.3. The minimum absolute atomic E-state index is 0.115. The lowest BCUT2D eigenvalue weighted by Crippen LogP contribution is -2.30. The highest BCUT2D eigenvalue weighted by molar-refractivity contribution is 6.04. The number of hydrogen-bond acceptors (Lipinski definition) is 3. The van der Waals surface area contributed by atoms with E-state index in [-0.39, 0.29) is 5.91 Å². The first kappa shape index (κ1) is 11.2. The van der Waals surface area contributed by atoms with Crippen LogP contribution in [0.5, 0.6) is 0 Å². The van der Waals surface area contributed by atoms with Crippen LogP contribution in [-0.2, 0) is 0 Å². The summed E-state index contributed by atoms with van der Waals surface area (Å²) in [7, 11) is 0. The van der Waals surface area contributed by atoms with Gasteiger partial charge in [-0.3, -0.25) is 9.89 Å². The summed E-state index contributed by atoms with van der Waals surface area (Å²) in [6.07, 6.45) is 1.56. The average Bonchev–Trinajstić information content (AvgIpc) is 2.83. The summed E-state index contributed by atoms with van der Waals surface area (Å²) in [5.41, 5.74) is 7.60. The fourth-order valence-electron chi connectivity index (χ4n) is 1.66. The van der Waals surface area contributed by atoms with Crippen LogP contribution in [0.4, 0.5) is 11.4 Å². The zero-order valence-corrected chi connectivity index (χ0v) is 9.55. The van der Waals surface area contributed by atoms with Gasteiger partial charge in [0.25, 0.3) is 5.91 Å². The van der Waals surface area contributed by atoms with Gasteiger partial charge in [-0.25, -0.2) is 0 Å². The second-order valence-electron chi connectivity index (χ2n) is 3.61. The normalized spacial score (nSPS) is 10.2. The molecule has 0 aliphatic heterocycles. The molecule has 1 heterocycles. The van der Waals surface area contributed by atoms with Crippen molar-refractivity contribution in [3.63, 3.8) is 0 Å². The smallest absolute Gasteiger partial charge is 0.276 e. The van der Waals surface area contributed by atoms with Crippen molar-refractivity contribution in [2.45, 2.75) is 6.92 Å². The zero-order valence-electron chi connectivity index (χ0n) is 9.55. The van der Waals surface area contributed by atoms with Crippen molar-refractivity contribution in [1.82, 2.24) is 10.2 Å². The number of hydrogen-bond donors (Lipinski definition) is 2. The quantitative estimate of drug-likeness (QED) is 0.787. The van der Waals surface area contributed by atoms with Crippen LogP contribution in [0.25, 0.3) is 0 Å². The third-order valence-electron chi connectivity index (χ3n) is 2.47. The number of nitrogens with zero attached hydrogens (tertiary/aromatic N) is 2. The molecule has 5 heteroatoms. The Balaban J connectivity index is 2.31. The molecule has 5 nitrogen and oxygen atoms in total. The molecule has 0 aliphatic rings. The van der Waals surface area contributed by atoms with Crippen molar-refractivity contribution < 1.29 is 4.79 Å². The minimum atomic E-state index is -0.115. The fourth-order valence-corrected chi connectivity index (χ4v) is 1.66. The molecule has 88 valence electrons. The Morgan fingerprint density at radius 2 is 2.29 bits per heavy atom. The average molecular weight is 230 g/mol. The maximum absolute atomic E-state index is 12.2. The lowest BCUT2D eigenvalue weighted by Gasteiger charge is -2.20. The van der Waals surface area contributed by atoms with Crippen molar-refractivity contribution in [1.29, 1.82) is 0 Å². The van der Waals surface area contributed by atoms with Crippen LogP contribution in [0.1, 0.15) is 17.4 Å². The van der Waals surface area contributed by atoms with Crippen LogP contribution < -0.4 is 10.6 Å². The Hall–Kier alpha value is -2.30. The summed E-state index contributed by atoms with van der Waals surface area (Å²) < 4.78 is 0. The summed E-state index contributed by atoms with van der Waals surface area (Å²) in [4.78, 5) is 13.8. The largest absolute Gasteiger partial charge is 0.399 e. The molecule has 0 saturated heterocycles. The third-order valence-corrected chi connectivity index (χ3v) is 2.47. The number of nitrogens with two attached hydrogens (primary N) is 1. The van der Waals surface area contributed by atoms with E-state index >= 15 is 0 Å². The summed E-state index contributed by atoms with van der Waals surface area (Å²) in [6.45, 7) is 2.48. The number of benzene rings is 1. The molecule has 0 fully saturated rings. The highest BCUT2D eigenvalue weighted by Gasteiger charge is 2.16. The monoisotopic (exact) mass is 230 g/mol. The molecule has 0 bridgehead atoms.